The maximum Gasteiger partial charge on any atom is 0.352 e. The maximum atomic E-state index is 13.0. The lowest BCUT2D eigenvalue weighted by molar-refractivity contribution is 0.0686. The third-order valence-electron chi connectivity index (χ3n) is 3.53. The first kappa shape index (κ1) is 13.4. The molecule has 0 bridgehead atoms. The van der Waals surface area contributed by atoms with Crippen molar-refractivity contribution in [2.75, 3.05) is 0 Å². The van der Waals surface area contributed by atoms with E-state index in [-0.39, 0.29) is 11.5 Å². The van der Waals surface area contributed by atoms with Crippen LogP contribution in [0.1, 0.15) is 21.6 Å². The van der Waals surface area contributed by atoms with Crippen LogP contribution >= 0.6 is 0 Å². The number of aryl methyl sites for hydroxylation is 1. The fraction of sp³-hybridized carbons (Fsp3) is 0.118. The molecule has 3 aromatic rings. The summed E-state index contributed by atoms with van der Waals surface area (Å²) in [6.07, 6.45) is 0. The van der Waals surface area contributed by atoms with E-state index in [2.05, 4.69) is 0 Å². The molecule has 0 spiro atoms. The van der Waals surface area contributed by atoms with Gasteiger partial charge in [-0.3, -0.25) is 0 Å². The zero-order valence-corrected chi connectivity index (χ0v) is 11.5. The average Bonchev–Trinajstić information content (AvgIpc) is 2.80. The van der Waals surface area contributed by atoms with Crippen molar-refractivity contribution in [1.29, 1.82) is 0 Å². The zero-order valence-electron chi connectivity index (χ0n) is 11.5. The first-order chi connectivity index (χ1) is 10.0. The Kier molecular flexibility index (Phi) is 3.22. The highest BCUT2D eigenvalue weighted by atomic mass is 19.1. The Morgan fingerprint density at radius 1 is 1.14 bits per heavy atom. The molecule has 21 heavy (non-hydrogen) atoms. The third-order valence-corrected chi connectivity index (χ3v) is 3.53. The lowest BCUT2D eigenvalue weighted by atomic mass is 10.2. The molecule has 0 saturated carbocycles. The molecule has 3 nitrogen and oxygen atoms in total. The van der Waals surface area contributed by atoms with E-state index in [1.165, 1.54) is 12.1 Å². The molecule has 1 heterocycles. The van der Waals surface area contributed by atoms with Crippen molar-refractivity contribution in [3.63, 3.8) is 0 Å². The van der Waals surface area contributed by atoms with Gasteiger partial charge >= 0.3 is 5.97 Å². The van der Waals surface area contributed by atoms with Crippen LogP contribution in [0.15, 0.2) is 48.5 Å². The fourth-order valence-electron chi connectivity index (χ4n) is 2.48. The number of halogens is 1. The predicted octanol–water partition coefficient (Wildman–Crippen LogP) is 3.84. The minimum Gasteiger partial charge on any atom is -0.477 e. The number of hydrogen-bond donors (Lipinski definition) is 1. The first-order valence-electron chi connectivity index (χ1n) is 6.62. The Morgan fingerprint density at radius 3 is 2.52 bits per heavy atom. The van der Waals surface area contributed by atoms with Gasteiger partial charge in [-0.15, -0.1) is 0 Å². The van der Waals surface area contributed by atoms with Gasteiger partial charge in [-0.2, -0.15) is 0 Å². The van der Waals surface area contributed by atoms with Gasteiger partial charge in [0.2, 0.25) is 0 Å². The standard InChI is InChI=1S/C17H14FNO2/c1-11-2-5-13-9-16(17(20)21)19(15(13)8-11)10-12-3-6-14(18)7-4-12/h2-9H,10H2,1H3,(H,20,21). The molecular weight excluding hydrogens is 269 g/mol. The highest BCUT2D eigenvalue weighted by molar-refractivity contribution is 5.94. The van der Waals surface area contributed by atoms with Crippen LogP contribution in [0.3, 0.4) is 0 Å². The molecule has 106 valence electrons. The molecule has 0 amide bonds. The second kappa shape index (κ2) is 5.05. The number of carboxylic acids is 1. The number of hydrogen-bond acceptors (Lipinski definition) is 1. The van der Waals surface area contributed by atoms with Gasteiger partial charge in [0, 0.05) is 17.4 Å². The fourth-order valence-corrected chi connectivity index (χ4v) is 2.48. The Labute approximate surface area is 121 Å². The van der Waals surface area contributed by atoms with Crippen molar-refractivity contribution in [3.05, 3.63) is 71.2 Å². The monoisotopic (exact) mass is 283 g/mol. The minimum atomic E-state index is -0.967. The van der Waals surface area contributed by atoms with Crippen LogP contribution < -0.4 is 0 Å². The van der Waals surface area contributed by atoms with Crippen molar-refractivity contribution in [1.82, 2.24) is 4.57 Å². The van der Waals surface area contributed by atoms with E-state index in [1.54, 1.807) is 22.8 Å². The molecule has 0 aliphatic rings. The SMILES string of the molecule is Cc1ccc2cc(C(=O)O)n(Cc3ccc(F)cc3)c2c1. The molecular formula is C17H14FNO2. The van der Waals surface area contributed by atoms with Crippen LogP contribution in [0.5, 0.6) is 0 Å². The maximum absolute atomic E-state index is 13.0. The third kappa shape index (κ3) is 2.52. The number of nitrogens with zero attached hydrogens (tertiary/aromatic N) is 1. The summed E-state index contributed by atoms with van der Waals surface area (Å²) in [4.78, 5) is 11.4. The molecule has 0 saturated heterocycles. The predicted molar refractivity (Wildman–Crippen MR) is 79.1 cm³/mol. The summed E-state index contributed by atoms with van der Waals surface area (Å²) < 4.78 is 14.7. The van der Waals surface area contributed by atoms with Gasteiger partial charge in [-0.25, -0.2) is 9.18 Å². The largest absolute Gasteiger partial charge is 0.477 e. The van der Waals surface area contributed by atoms with Gasteiger partial charge in [-0.05, 0) is 42.3 Å². The number of carbonyl (C=O) groups is 1. The van der Waals surface area contributed by atoms with E-state index >= 15 is 0 Å². The summed E-state index contributed by atoms with van der Waals surface area (Å²) in [7, 11) is 0. The summed E-state index contributed by atoms with van der Waals surface area (Å²) in [6.45, 7) is 2.37. The van der Waals surface area contributed by atoms with E-state index in [0.29, 0.717) is 6.54 Å². The highest BCUT2D eigenvalue weighted by Crippen LogP contribution is 2.23. The Bertz CT molecular complexity index is 819. The van der Waals surface area contributed by atoms with E-state index in [0.717, 1.165) is 22.0 Å². The lowest BCUT2D eigenvalue weighted by Crippen LogP contribution is -2.09. The Hall–Kier alpha value is -2.62. The Balaban J connectivity index is 2.14. The number of fused-ring (bicyclic) bond motifs is 1. The number of aromatic carboxylic acids is 1. The van der Waals surface area contributed by atoms with E-state index in [4.69, 9.17) is 0 Å². The summed E-state index contributed by atoms with van der Waals surface area (Å²) in [5.74, 6) is -1.27. The van der Waals surface area contributed by atoms with Gasteiger partial charge < -0.3 is 9.67 Å². The van der Waals surface area contributed by atoms with Crippen molar-refractivity contribution in [2.45, 2.75) is 13.5 Å². The number of aromatic nitrogens is 1. The van der Waals surface area contributed by atoms with Crippen LogP contribution in [0, 0.1) is 12.7 Å². The van der Waals surface area contributed by atoms with Crippen LogP contribution in [0.4, 0.5) is 4.39 Å². The van der Waals surface area contributed by atoms with Crippen molar-refractivity contribution < 1.29 is 14.3 Å². The molecule has 4 heteroatoms. The molecule has 0 aliphatic carbocycles. The van der Waals surface area contributed by atoms with Gasteiger partial charge in [0.15, 0.2) is 0 Å². The Morgan fingerprint density at radius 2 is 1.86 bits per heavy atom. The second-order valence-corrected chi connectivity index (χ2v) is 5.11. The number of carboxylic acid groups (broad SMARTS) is 1. The topological polar surface area (TPSA) is 42.2 Å². The van der Waals surface area contributed by atoms with Crippen LogP contribution in [-0.2, 0) is 6.54 Å². The van der Waals surface area contributed by atoms with Crippen molar-refractivity contribution >= 4 is 16.9 Å². The number of rotatable bonds is 3. The van der Waals surface area contributed by atoms with Crippen molar-refractivity contribution in [3.8, 4) is 0 Å². The zero-order chi connectivity index (χ0) is 15.0. The van der Waals surface area contributed by atoms with Gasteiger partial charge in [-0.1, -0.05) is 24.3 Å². The molecule has 0 aliphatic heterocycles. The van der Waals surface area contributed by atoms with E-state index in [9.17, 15) is 14.3 Å². The normalized spacial score (nSPS) is 11.0. The molecule has 0 unspecified atom stereocenters. The summed E-state index contributed by atoms with van der Waals surface area (Å²) >= 11 is 0. The van der Waals surface area contributed by atoms with Gasteiger partial charge in [0.1, 0.15) is 11.5 Å². The highest BCUT2D eigenvalue weighted by Gasteiger charge is 2.15. The summed E-state index contributed by atoms with van der Waals surface area (Å²) in [5.41, 5.74) is 3.03. The lowest BCUT2D eigenvalue weighted by Gasteiger charge is -2.09. The second-order valence-electron chi connectivity index (χ2n) is 5.11. The molecule has 0 radical (unpaired) electrons. The molecule has 1 N–H and O–H groups in total. The summed E-state index contributed by atoms with van der Waals surface area (Å²) in [5, 5.41) is 10.3. The average molecular weight is 283 g/mol. The van der Waals surface area contributed by atoms with Crippen LogP contribution in [0.2, 0.25) is 0 Å². The number of benzene rings is 2. The molecule has 1 aromatic heterocycles. The van der Waals surface area contributed by atoms with Gasteiger partial charge in [0.25, 0.3) is 0 Å². The molecule has 0 fully saturated rings. The molecule has 3 rings (SSSR count). The van der Waals surface area contributed by atoms with Gasteiger partial charge in [0.05, 0.1) is 0 Å². The van der Waals surface area contributed by atoms with E-state index in [1.807, 2.05) is 25.1 Å². The summed E-state index contributed by atoms with van der Waals surface area (Å²) in [6, 6.07) is 13.6. The molecule has 0 atom stereocenters. The van der Waals surface area contributed by atoms with Crippen LogP contribution in [-0.4, -0.2) is 15.6 Å². The molecule has 2 aromatic carbocycles. The minimum absolute atomic E-state index is 0.236. The van der Waals surface area contributed by atoms with E-state index < -0.39 is 5.97 Å². The van der Waals surface area contributed by atoms with Crippen LogP contribution in [0.25, 0.3) is 10.9 Å². The first-order valence-corrected chi connectivity index (χ1v) is 6.62. The smallest absolute Gasteiger partial charge is 0.352 e. The quantitative estimate of drug-likeness (QED) is 0.793. The van der Waals surface area contributed by atoms with Crippen molar-refractivity contribution in [2.24, 2.45) is 0 Å².